The summed E-state index contributed by atoms with van der Waals surface area (Å²) in [5.41, 5.74) is -0.519. The summed E-state index contributed by atoms with van der Waals surface area (Å²) < 4.78 is 0. The monoisotopic (exact) mass is 231 g/mol. The second-order valence-corrected chi connectivity index (χ2v) is 4.68. The molecule has 0 unspecified atom stereocenters. The molecular weight excluding hydrogens is 218 g/mol. The minimum atomic E-state index is -1.66. The molecule has 0 spiro atoms. The Bertz CT molecular complexity index is 511. The van der Waals surface area contributed by atoms with E-state index in [0.29, 0.717) is 24.1 Å². The summed E-state index contributed by atoms with van der Waals surface area (Å²) in [6, 6.07) is 7.01. The van der Waals surface area contributed by atoms with Gasteiger partial charge in [0.25, 0.3) is 5.91 Å². The fourth-order valence-electron chi connectivity index (χ4n) is 2.87. The number of nitrogens with one attached hydrogen (secondary N) is 1. The van der Waals surface area contributed by atoms with Gasteiger partial charge in [-0.05, 0) is 18.9 Å². The molecule has 1 saturated carbocycles. The summed E-state index contributed by atoms with van der Waals surface area (Å²) in [5.74, 6) is -1.08. The zero-order valence-corrected chi connectivity index (χ0v) is 9.27. The zero-order chi connectivity index (χ0) is 12.0. The maximum Gasteiger partial charge on any atom is 0.261 e. The third-order valence-corrected chi connectivity index (χ3v) is 3.74. The van der Waals surface area contributed by atoms with E-state index in [1.165, 1.54) is 0 Å². The molecule has 0 radical (unpaired) electrons. The predicted octanol–water partition coefficient (Wildman–Crippen LogP) is 1.20. The molecule has 1 amide bonds. The molecule has 1 fully saturated rings. The Balaban J connectivity index is 2.13. The first-order valence-electron chi connectivity index (χ1n) is 5.80. The average molecular weight is 231 g/mol. The number of anilines is 1. The minimum Gasteiger partial charge on any atom is -0.375 e. The van der Waals surface area contributed by atoms with Gasteiger partial charge in [-0.1, -0.05) is 18.2 Å². The number of aliphatic hydroxyl groups is 1. The highest BCUT2D eigenvalue weighted by Gasteiger charge is 2.54. The number of rotatable bonds is 1. The molecule has 1 aromatic rings. The molecule has 4 heteroatoms. The van der Waals surface area contributed by atoms with Crippen molar-refractivity contribution in [1.82, 2.24) is 0 Å². The quantitative estimate of drug-likeness (QED) is 0.763. The van der Waals surface area contributed by atoms with Gasteiger partial charge >= 0.3 is 0 Å². The van der Waals surface area contributed by atoms with E-state index < -0.39 is 17.4 Å². The fourth-order valence-corrected chi connectivity index (χ4v) is 2.87. The number of para-hydroxylation sites is 1. The predicted molar refractivity (Wildman–Crippen MR) is 61.3 cm³/mol. The second-order valence-electron chi connectivity index (χ2n) is 4.68. The van der Waals surface area contributed by atoms with Crippen LogP contribution in [-0.4, -0.2) is 16.8 Å². The van der Waals surface area contributed by atoms with Crippen LogP contribution in [-0.2, 0) is 15.2 Å². The third-order valence-electron chi connectivity index (χ3n) is 3.74. The molecule has 17 heavy (non-hydrogen) atoms. The average Bonchev–Trinajstić information content (AvgIpc) is 2.84. The lowest BCUT2D eigenvalue weighted by Crippen LogP contribution is -2.43. The van der Waals surface area contributed by atoms with Crippen LogP contribution in [0.3, 0.4) is 0 Å². The number of fused-ring (bicyclic) bond motifs is 1. The molecule has 88 valence electrons. The van der Waals surface area contributed by atoms with E-state index in [1.807, 2.05) is 0 Å². The zero-order valence-electron chi connectivity index (χ0n) is 9.27. The second kappa shape index (κ2) is 3.40. The molecular formula is C13H13NO3. The highest BCUT2D eigenvalue weighted by Crippen LogP contribution is 2.45. The first-order valence-corrected chi connectivity index (χ1v) is 5.80. The van der Waals surface area contributed by atoms with Gasteiger partial charge in [-0.25, -0.2) is 0 Å². The first kappa shape index (κ1) is 10.5. The van der Waals surface area contributed by atoms with Crippen LogP contribution in [0.4, 0.5) is 5.69 Å². The van der Waals surface area contributed by atoms with Crippen molar-refractivity contribution >= 4 is 17.4 Å². The van der Waals surface area contributed by atoms with Crippen molar-refractivity contribution < 1.29 is 14.7 Å². The van der Waals surface area contributed by atoms with Crippen molar-refractivity contribution in [3.63, 3.8) is 0 Å². The van der Waals surface area contributed by atoms with Gasteiger partial charge in [0.15, 0.2) is 5.60 Å². The molecule has 1 heterocycles. The van der Waals surface area contributed by atoms with E-state index in [9.17, 15) is 14.7 Å². The topological polar surface area (TPSA) is 66.4 Å². The smallest absolute Gasteiger partial charge is 0.261 e. The van der Waals surface area contributed by atoms with Gasteiger partial charge in [0.05, 0.1) is 5.92 Å². The van der Waals surface area contributed by atoms with Crippen molar-refractivity contribution in [2.24, 2.45) is 5.92 Å². The number of Topliss-reactive ketones (excluding diaryl/α,β-unsaturated/α-hetero) is 1. The van der Waals surface area contributed by atoms with E-state index in [4.69, 9.17) is 0 Å². The van der Waals surface area contributed by atoms with Gasteiger partial charge in [0, 0.05) is 17.7 Å². The lowest BCUT2D eigenvalue weighted by molar-refractivity contribution is -0.146. The van der Waals surface area contributed by atoms with Gasteiger partial charge in [-0.15, -0.1) is 0 Å². The van der Waals surface area contributed by atoms with Gasteiger partial charge in [-0.2, -0.15) is 0 Å². The van der Waals surface area contributed by atoms with E-state index in [-0.39, 0.29) is 5.78 Å². The van der Waals surface area contributed by atoms with Crippen LogP contribution in [0, 0.1) is 5.92 Å². The van der Waals surface area contributed by atoms with Crippen molar-refractivity contribution in [1.29, 1.82) is 0 Å². The van der Waals surface area contributed by atoms with E-state index in [1.54, 1.807) is 24.3 Å². The Kier molecular flexibility index (Phi) is 2.10. The first-order chi connectivity index (χ1) is 8.14. The summed E-state index contributed by atoms with van der Waals surface area (Å²) in [7, 11) is 0. The van der Waals surface area contributed by atoms with Crippen molar-refractivity contribution in [2.45, 2.75) is 24.9 Å². The summed E-state index contributed by atoms with van der Waals surface area (Å²) in [6.07, 6.45) is 1.79. The maximum absolute atomic E-state index is 12.0. The number of carbonyl (C=O) groups excluding carboxylic acids is 2. The summed E-state index contributed by atoms with van der Waals surface area (Å²) in [4.78, 5) is 23.8. The number of carbonyl (C=O) groups is 2. The minimum absolute atomic E-state index is 0.0145. The molecule has 2 aliphatic rings. The van der Waals surface area contributed by atoms with Crippen molar-refractivity contribution in [2.75, 3.05) is 5.32 Å². The largest absolute Gasteiger partial charge is 0.375 e. The molecule has 1 aliphatic carbocycles. The van der Waals surface area contributed by atoms with Gasteiger partial charge in [0.1, 0.15) is 5.78 Å². The van der Waals surface area contributed by atoms with Gasteiger partial charge in [0.2, 0.25) is 0 Å². The Morgan fingerprint density at radius 1 is 1.29 bits per heavy atom. The molecule has 0 saturated heterocycles. The molecule has 0 bridgehead atoms. The molecule has 3 rings (SSSR count). The van der Waals surface area contributed by atoms with E-state index >= 15 is 0 Å². The molecule has 2 atom stereocenters. The van der Waals surface area contributed by atoms with Gasteiger partial charge in [-0.3, -0.25) is 9.59 Å². The molecule has 0 aromatic heterocycles. The highest BCUT2D eigenvalue weighted by atomic mass is 16.3. The third kappa shape index (κ3) is 1.27. The van der Waals surface area contributed by atoms with Crippen LogP contribution >= 0.6 is 0 Å². The Morgan fingerprint density at radius 2 is 2.06 bits per heavy atom. The van der Waals surface area contributed by atoms with Crippen LogP contribution in [0.25, 0.3) is 0 Å². The lowest BCUT2D eigenvalue weighted by Gasteiger charge is -2.26. The molecule has 1 aromatic carbocycles. The summed E-state index contributed by atoms with van der Waals surface area (Å²) in [6.45, 7) is 0. The van der Waals surface area contributed by atoms with Crippen LogP contribution in [0.15, 0.2) is 24.3 Å². The Morgan fingerprint density at radius 3 is 2.76 bits per heavy atom. The molecule has 4 nitrogen and oxygen atoms in total. The molecule has 2 N–H and O–H groups in total. The van der Waals surface area contributed by atoms with E-state index in [2.05, 4.69) is 5.32 Å². The number of ketones is 1. The summed E-state index contributed by atoms with van der Waals surface area (Å²) in [5, 5.41) is 13.3. The van der Waals surface area contributed by atoms with Crippen molar-refractivity contribution in [3.8, 4) is 0 Å². The Hall–Kier alpha value is -1.68. The highest BCUT2D eigenvalue weighted by molar-refractivity contribution is 6.08. The number of hydrogen-bond acceptors (Lipinski definition) is 3. The number of amides is 1. The van der Waals surface area contributed by atoms with Crippen LogP contribution in [0.1, 0.15) is 24.8 Å². The van der Waals surface area contributed by atoms with Crippen LogP contribution in [0.2, 0.25) is 0 Å². The van der Waals surface area contributed by atoms with E-state index in [0.717, 1.165) is 6.42 Å². The standard InChI is InChI=1S/C13H13NO3/c15-11-7-3-5-9(11)13(17)8-4-1-2-6-10(8)14-12(13)16/h1-2,4,6,9,17H,3,5,7H2,(H,14,16)/t9-,13-/m0/s1. The number of hydrogen-bond donors (Lipinski definition) is 2. The Labute approximate surface area is 98.6 Å². The maximum atomic E-state index is 12.0. The van der Waals surface area contributed by atoms with Crippen LogP contribution in [0.5, 0.6) is 0 Å². The van der Waals surface area contributed by atoms with Crippen LogP contribution < -0.4 is 5.32 Å². The lowest BCUT2D eigenvalue weighted by atomic mass is 9.80. The fraction of sp³-hybridized carbons (Fsp3) is 0.385. The van der Waals surface area contributed by atoms with Crippen molar-refractivity contribution in [3.05, 3.63) is 29.8 Å². The molecule has 1 aliphatic heterocycles. The normalized spacial score (nSPS) is 31.5. The number of benzene rings is 1. The SMILES string of the molecule is O=C1CCC[C@@H]1[C@]1(O)C(=O)Nc2ccccc21. The summed E-state index contributed by atoms with van der Waals surface area (Å²) >= 11 is 0. The van der Waals surface area contributed by atoms with Gasteiger partial charge < -0.3 is 10.4 Å².